The van der Waals surface area contributed by atoms with Gasteiger partial charge in [-0.1, -0.05) is 25.5 Å². The number of nitrogens with one attached hydrogen (secondary N) is 2. The summed E-state index contributed by atoms with van der Waals surface area (Å²) < 4.78 is 34.7. The van der Waals surface area contributed by atoms with Crippen LogP contribution in [0, 0.1) is 0 Å². The van der Waals surface area contributed by atoms with Crippen molar-refractivity contribution >= 4 is 37.9 Å². The van der Waals surface area contributed by atoms with Gasteiger partial charge in [0.25, 0.3) is 0 Å². The first kappa shape index (κ1) is 28.6. The predicted molar refractivity (Wildman–Crippen MR) is 135 cm³/mol. The number of aliphatic hydroxyl groups is 2. The summed E-state index contributed by atoms with van der Waals surface area (Å²) in [5.41, 5.74) is 2.15. The van der Waals surface area contributed by atoms with Gasteiger partial charge in [-0.25, -0.2) is 9.98 Å². The molecule has 5 unspecified atom stereocenters. The van der Waals surface area contributed by atoms with Crippen molar-refractivity contribution < 1.29 is 48.1 Å². The van der Waals surface area contributed by atoms with Gasteiger partial charge in [0.2, 0.25) is 5.96 Å². The summed E-state index contributed by atoms with van der Waals surface area (Å²) in [7, 11) is -10.8. The van der Waals surface area contributed by atoms with Crippen molar-refractivity contribution in [2.75, 3.05) is 17.2 Å². The molecule has 1 fully saturated rings. The molecule has 4 rings (SSSR count). The number of hydrogen-bond acceptors (Lipinski definition) is 11. The smallest absolute Gasteiger partial charge is 0.390 e. The number of fused-ring (bicyclic) bond motifs is 1. The SMILES string of the molecule is CCCCc1ccc(NC2=NC(O)c3ncn(C4CC(O)C(COP(=O)(O)C(=O)P(=O)(O)O)O4)c3N2)cc1. The minimum absolute atomic E-state index is 0.0180. The van der Waals surface area contributed by atoms with Crippen LogP contribution in [0.2, 0.25) is 0 Å². The van der Waals surface area contributed by atoms with Gasteiger partial charge in [0.05, 0.1) is 19.0 Å². The molecule has 38 heavy (non-hydrogen) atoms. The van der Waals surface area contributed by atoms with Gasteiger partial charge in [-0.05, 0) is 30.5 Å². The van der Waals surface area contributed by atoms with Crippen molar-refractivity contribution in [1.29, 1.82) is 0 Å². The molecule has 1 aromatic heterocycles. The Kier molecular flexibility index (Phi) is 8.52. The van der Waals surface area contributed by atoms with Crippen LogP contribution in [0.25, 0.3) is 0 Å². The summed E-state index contributed by atoms with van der Waals surface area (Å²) in [6, 6.07) is 7.79. The minimum atomic E-state index is -5.51. The Morgan fingerprint density at radius 1 is 1.24 bits per heavy atom. The number of benzene rings is 1. The maximum Gasteiger partial charge on any atom is 0.407 e. The first-order valence-corrected chi connectivity index (χ1v) is 14.9. The number of ether oxygens (including phenoxy) is 1. The highest BCUT2D eigenvalue weighted by atomic mass is 31.2. The molecular weight excluding hydrogens is 544 g/mol. The number of aliphatic imine (C=N–C) groups is 1. The van der Waals surface area contributed by atoms with E-state index >= 15 is 0 Å². The maximum absolute atomic E-state index is 11.9. The Balaban J connectivity index is 1.41. The predicted octanol–water partition coefficient (Wildman–Crippen LogP) is 2.26. The quantitative estimate of drug-likeness (QED) is 0.203. The van der Waals surface area contributed by atoms with Gasteiger partial charge in [0.15, 0.2) is 6.23 Å². The van der Waals surface area contributed by atoms with Crippen molar-refractivity contribution in [2.45, 2.75) is 57.3 Å². The molecule has 2 aliphatic heterocycles. The summed E-state index contributed by atoms with van der Waals surface area (Å²) in [6.45, 7) is 1.34. The molecule has 15 nitrogen and oxygen atoms in total. The zero-order valence-corrected chi connectivity index (χ0v) is 22.0. The highest BCUT2D eigenvalue weighted by molar-refractivity contribution is 7.97. The van der Waals surface area contributed by atoms with E-state index in [1.54, 1.807) is 0 Å². The maximum atomic E-state index is 11.9. The van der Waals surface area contributed by atoms with Crippen LogP contribution < -0.4 is 10.6 Å². The van der Waals surface area contributed by atoms with Crippen LogP contribution in [-0.4, -0.2) is 64.5 Å². The lowest BCUT2D eigenvalue weighted by Gasteiger charge is -2.23. The van der Waals surface area contributed by atoms with Crippen molar-refractivity contribution in [1.82, 2.24) is 9.55 Å². The van der Waals surface area contributed by atoms with E-state index in [1.165, 1.54) is 16.5 Å². The lowest BCUT2D eigenvalue weighted by molar-refractivity contribution is -0.0397. The summed E-state index contributed by atoms with van der Waals surface area (Å²) in [5, 5.41) is 24.8. The molecule has 2 aliphatic rings. The Labute approximate surface area is 217 Å². The number of carbonyl (C=O) groups excluding carboxylic acids is 1. The van der Waals surface area contributed by atoms with Crippen LogP contribution in [0.1, 0.15) is 49.9 Å². The number of nitrogens with zero attached hydrogens (tertiary/aromatic N) is 3. The number of aryl methyl sites for hydroxylation is 1. The van der Waals surface area contributed by atoms with Crippen LogP contribution >= 0.6 is 15.2 Å². The van der Waals surface area contributed by atoms with E-state index in [0.29, 0.717) is 5.82 Å². The van der Waals surface area contributed by atoms with Gasteiger partial charge in [-0.3, -0.25) is 18.5 Å². The number of aliphatic hydroxyl groups excluding tert-OH is 2. The second kappa shape index (κ2) is 11.3. The fraction of sp³-hybridized carbons (Fsp3) is 0.476. The number of anilines is 2. The van der Waals surface area contributed by atoms with Crippen molar-refractivity contribution in [3.05, 3.63) is 41.9 Å². The molecule has 17 heteroatoms. The van der Waals surface area contributed by atoms with Crippen molar-refractivity contribution in [3.63, 3.8) is 0 Å². The Bertz CT molecular complexity index is 1290. The molecule has 0 spiro atoms. The first-order valence-electron chi connectivity index (χ1n) is 11.8. The van der Waals surface area contributed by atoms with Gasteiger partial charge in [0.1, 0.15) is 23.8 Å². The van der Waals surface area contributed by atoms with E-state index in [0.717, 1.165) is 24.9 Å². The number of carbonyl (C=O) groups is 1. The summed E-state index contributed by atoms with van der Waals surface area (Å²) in [4.78, 5) is 47.1. The van der Waals surface area contributed by atoms with Gasteiger partial charge >= 0.3 is 20.5 Å². The van der Waals surface area contributed by atoms with Gasteiger partial charge in [0, 0.05) is 12.1 Å². The van der Waals surface area contributed by atoms with Gasteiger partial charge in [-0.15, -0.1) is 0 Å². The van der Waals surface area contributed by atoms with E-state index in [-0.39, 0.29) is 18.1 Å². The molecule has 0 bridgehead atoms. The molecule has 0 amide bonds. The molecule has 208 valence electrons. The number of rotatable bonds is 10. The van der Waals surface area contributed by atoms with Crippen LogP contribution in [0.3, 0.4) is 0 Å². The van der Waals surface area contributed by atoms with Crippen molar-refractivity contribution in [3.8, 4) is 0 Å². The third-order valence-corrected chi connectivity index (χ3v) is 9.03. The monoisotopic (exact) mass is 573 g/mol. The highest BCUT2D eigenvalue weighted by Crippen LogP contribution is 2.58. The average Bonchev–Trinajstić information content (AvgIpc) is 3.44. The fourth-order valence-electron chi connectivity index (χ4n) is 4.01. The lowest BCUT2D eigenvalue weighted by atomic mass is 10.1. The second-order valence-electron chi connectivity index (χ2n) is 8.86. The number of aromatic nitrogens is 2. The molecule has 5 atom stereocenters. The lowest BCUT2D eigenvalue weighted by Crippen LogP contribution is -2.29. The molecule has 1 saturated heterocycles. The Morgan fingerprint density at radius 2 is 1.95 bits per heavy atom. The second-order valence-corrected chi connectivity index (χ2v) is 12.4. The standard InChI is InChI=1S/C21H29N5O10P2/c1-2-3-4-12-5-7-13(8-6-12)23-20-24-18-17(19(28)25-20)22-11-26(18)16-9-14(27)15(36-16)10-35-38(33,34)21(29)37(30,31)32/h5-8,11,14-16,19,27-28H,2-4,9-10H2,1H3,(H,33,34)(H2,23,24,25)(H2,30,31,32). The van der Waals surface area contributed by atoms with E-state index in [2.05, 4.69) is 32.1 Å². The van der Waals surface area contributed by atoms with E-state index < -0.39 is 51.7 Å². The van der Waals surface area contributed by atoms with Gasteiger partial charge in [-0.2, -0.15) is 0 Å². The molecule has 1 aromatic carbocycles. The highest BCUT2D eigenvalue weighted by Gasteiger charge is 2.46. The molecule has 7 N–H and O–H groups in total. The molecule has 0 radical (unpaired) electrons. The number of imidazole rings is 1. The third kappa shape index (κ3) is 6.40. The van der Waals surface area contributed by atoms with Crippen LogP contribution in [0.15, 0.2) is 35.6 Å². The normalized spacial score (nSPS) is 24.7. The van der Waals surface area contributed by atoms with E-state index in [9.17, 15) is 29.0 Å². The van der Waals surface area contributed by atoms with E-state index in [1.807, 2.05) is 24.3 Å². The summed E-state index contributed by atoms with van der Waals surface area (Å²) >= 11 is 0. The molecular formula is C21H29N5O10P2. The first-order chi connectivity index (χ1) is 17.9. The van der Waals surface area contributed by atoms with Crippen LogP contribution in [-0.2, 0) is 24.8 Å². The Morgan fingerprint density at radius 3 is 2.61 bits per heavy atom. The summed E-state index contributed by atoms with van der Waals surface area (Å²) in [5.74, 6) is 0.571. The van der Waals surface area contributed by atoms with Crippen LogP contribution in [0.4, 0.5) is 16.3 Å². The third-order valence-electron chi connectivity index (χ3n) is 6.01. The molecule has 0 aliphatic carbocycles. The average molecular weight is 573 g/mol. The number of guanidine groups is 1. The molecule has 0 saturated carbocycles. The number of unbranched alkanes of at least 4 members (excludes halogenated alkanes) is 1. The molecule has 2 aromatic rings. The van der Waals surface area contributed by atoms with Crippen LogP contribution in [0.5, 0.6) is 0 Å². The summed E-state index contributed by atoms with van der Waals surface area (Å²) in [6.07, 6.45) is -0.0500. The number of hydrogen-bond donors (Lipinski definition) is 7. The topological polar surface area (TPSA) is 225 Å². The van der Waals surface area contributed by atoms with Crippen molar-refractivity contribution in [2.24, 2.45) is 4.99 Å². The largest absolute Gasteiger partial charge is 0.407 e. The van der Waals surface area contributed by atoms with E-state index in [4.69, 9.17) is 14.5 Å². The molecule has 3 heterocycles. The fourth-order valence-corrected chi connectivity index (χ4v) is 5.95. The van der Waals surface area contributed by atoms with Gasteiger partial charge < -0.3 is 44.8 Å². The zero-order chi connectivity index (χ0) is 27.7. The minimum Gasteiger partial charge on any atom is -0.390 e. The zero-order valence-electron chi connectivity index (χ0n) is 20.2. The Hall–Kier alpha value is -2.45.